The van der Waals surface area contributed by atoms with Gasteiger partial charge >= 0.3 is 0 Å². The number of carbonyl (C=O) groups is 1. The fourth-order valence-corrected chi connectivity index (χ4v) is 3.34. The Hall–Kier alpha value is -2.60. The molecule has 6 heteroatoms. The van der Waals surface area contributed by atoms with Crippen LogP contribution >= 0.6 is 0 Å². The maximum Gasteiger partial charge on any atom is 0.241 e. The van der Waals surface area contributed by atoms with Crippen LogP contribution in [0.5, 0.6) is 5.75 Å². The maximum atomic E-state index is 13.1. The van der Waals surface area contributed by atoms with Gasteiger partial charge in [-0.15, -0.1) is 0 Å². The second-order valence-corrected chi connectivity index (χ2v) is 6.87. The highest BCUT2D eigenvalue weighted by Crippen LogP contribution is 2.26. The molecule has 0 radical (unpaired) electrons. The van der Waals surface area contributed by atoms with E-state index in [0.717, 1.165) is 37.4 Å². The quantitative estimate of drug-likeness (QED) is 0.876. The van der Waals surface area contributed by atoms with Crippen molar-refractivity contribution in [1.29, 1.82) is 0 Å². The third-order valence-electron chi connectivity index (χ3n) is 5.05. The molecule has 1 fully saturated rings. The summed E-state index contributed by atoms with van der Waals surface area (Å²) in [4.78, 5) is 17.1. The van der Waals surface area contributed by atoms with Crippen LogP contribution in [-0.2, 0) is 4.79 Å². The van der Waals surface area contributed by atoms with Gasteiger partial charge in [0, 0.05) is 31.9 Å². The van der Waals surface area contributed by atoms with Crippen LogP contribution < -0.4 is 15.0 Å². The highest BCUT2D eigenvalue weighted by molar-refractivity contribution is 5.96. The van der Waals surface area contributed by atoms with Crippen molar-refractivity contribution in [2.75, 3.05) is 43.5 Å². The molecule has 0 spiro atoms. The number of methoxy groups -OCH3 is 1. The molecular formula is C21H26FN3O2. The Labute approximate surface area is 159 Å². The first-order valence-corrected chi connectivity index (χ1v) is 9.18. The molecule has 0 bridgehead atoms. The van der Waals surface area contributed by atoms with Crippen molar-refractivity contribution in [2.45, 2.75) is 19.9 Å². The van der Waals surface area contributed by atoms with Crippen LogP contribution in [-0.4, -0.2) is 50.1 Å². The van der Waals surface area contributed by atoms with Crippen molar-refractivity contribution in [3.8, 4) is 5.75 Å². The van der Waals surface area contributed by atoms with Crippen LogP contribution in [0.25, 0.3) is 0 Å². The Morgan fingerprint density at radius 3 is 2.41 bits per heavy atom. The van der Waals surface area contributed by atoms with Crippen LogP contribution in [0, 0.1) is 12.7 Å². The number of hydrogen-bond acceptors (Lipinski definition) is 4. The zero-order chi connectivity index (χ0) is 19.4. The summed E-state index contributed by atoms with van der Waals surface area (Å²) in [6.45, 7) is 7.06. The van der Waals surface area contributed by atoms with Gasteiger partial charge in [-0.1, -0.05) is 6.07 Å². The topological polar surface area (TPSA) is 44.8 Å². The van der Waals surface area contributed by atoms with Crippen molar-refractivity contribution in [3.63, 3.8) is 0 Å². The largest absolute Gasteiger partial charge is 0.495 e. The highest BCUT2D eigenvalue weighted by Gasteiger charge is 2.26. The van der Waals surface area contributed by atoms with E-state index in [1.54, 1.807) is 19.2 Å². The predicted molar refractivity (Wildman–Crippen MR) is 106 cm³/mol. The van der Waals surface area contributed by atoms with E-state index in [2.05, 4.69) is 15.1 Å². The molecule has 0 aromatic heterocycles. The molecule has 3 rings (SSSR count). The van der Waals surface area contributed by atoms with Gasteiger partial charge in [-0.25, -0.2) is 4.39 Å². The van der Waals surface area contributed by atoms with Crippen molar-refractivity contribution >= 4 is 17.3 Å². The number of anilines is 2. The van der Waals surface area contributed by atoms with Crippen LogP contribution in [0.2, 0.25) is 0 Å². The lowest BCUT2D eigenvalue weighted by Crippen LogP contribution is -2.52. The fraction of sp³-hybridized carbons (Fsp3) is 0.381. The third kappa shape index (κ3) is 4.57. The van der Waals surface area contributed by atoms with Crippen LogP contribution in [0.4, 0.5) is 15.8 Å². The summed E-state index contributed by atoms with van der Waals surface area (Å²) in [6.07, 6.45) is 0. The number of hydrogen-bond donors (Lipinski definition) is 1. The molecule has 27 heavy (non-hydrogen) atoms. The molecule has 1 heterocycles. The van der Waals surface area contributed by atoms with E-state index >= 15 is 0 Å². The minimum Gasteiger partial charge on any atom is -0.495 e. The number of nitrogens with zero attached hydrogens (tertiary/aromatic N) is 2. The Bertz CT molecular complexity index is 787. The van der Waals surface area contributed by atoms with Gasteiger partial charge in [-0.05, 0) is 55.8 Å². The van der Waals surface area contributed by atoms with Crippen LogP contribution in [0.15, 0.2) is 42.5 Å². The molecule has 1 atom stereocenters. The number of aryl methyl sites for hydroxylation is 1. The van der Waals surface area contributed by atoms with E-state index in [-0.39, 0.29) is 17.8 Å². The lowest BCUT2D eigenvalue weighted by Gasteiger charge is -2.38. The number of nitrogens with one attached hydrogen (secondary N) is 1. The van der Waals surface area contributed by atoms with Crippen molar-refractivity contribution < 1.29 is 13.9 Å². The van der Waals surface area contributed by atoms with Gasteiger partial charge in [0.2, 0.25) is 5.91 Å². The normalized spacial score (nSPS) is 16.1. The van der Waals surface area contributed by atoms with Gasteiger partial charge < -0.3 is 15.0 Å². The summed E-state index contributed by atoms with van der Waals surface area (Å²) in [6, 6.07) is 12.0. The Kier molecular flexibility index (Phi) is 5.96. The molecular weight excluding hydrogens is 345 g/mol. The van der Waals surface area contributed by atoms with Gasteiger partial charge in [-0.2, -0.15) is 0 Å². The van der Waals surface area contributed by atoms with Gasteiger partial charge in [0.25, 0.3) is 0 Å². The van der Waals surface area contributed by atoms with Gasteiger partial charge in [-0.3, -0.25) is 9.69 Å². The number of ether oxygens (including phenoxy) is 1. The molecule has 0 saturated carbocycles. The number of rotatable bonds is 5. The fourth-order valence-electron chi connectivity index (χ4n) is 3.34. The number of piperazine rings is 1. The molecule has 1 aliphatic heterocycles. The van der Waals surface area contributed by atoms with Crippen molar-refractivity contribution in [3.05, 3.63) is 53.8 Å². The summed E-state index contributed by atoms with van der Waals surface area (Å²) >= 11 is 0. The second kappa shape index (κ2) is 8.39. The lowest BCUT2D eigenvalue weighted by atomic mass is 10.1. The highest BCUT2D eigenvalue weighted by atomic mass is 19.1. The van der Waals surface area contributed by atoms with E-state index in [4.69, 9.17) is 4.74 Å². The van der Waals surface area contributed by atoms with Crippen LogP contribution in [0.3, 0.4) is 0 Å². The zero-order valence-electron chi connectivity index (χ0n) is 16.0. The van der Waals surface area contributed by atoms with E-state index < -0.39 is 0 Å². The van der Waals surface area contributed by atoms with Crippen molar-refractivity contribution in [1.82, 2.24) is 4.90 Å². The van der Waals surface area contributed by atoms with Crippen LogP contribution in [0.1, 0.15) is 12.5 Å². The number of benzene rings is 2. The molecule has 1 amide bonds. The average molecular weight is 371 g/mol. The summed E-state index contributed by atoms with van der Waals surface area (Å²) in [7, 11) is 1.60. The molecule has 5 nitrogen and oxygen atoms in total. The first kappa shape index (κ1) is 19.2. The number of amides is 1. The standard InChI is InChI=1S/C21H26FN3O2/c1-15-4-9-20(27-3)19(14-15)23-21(26)16(2)24-10-12-25(13-11-24)18-7-5-17(22)6-8-18/h4-9,14,16H,10-13H2,1-3H3,(H,23,26)/t16-/m1/s1. The third-order valence-corrected chi connectivity index (χ3v) is 5.05. The van der Waals surface area contributed by atoms with Gasteiger partial charge in [0.15, 0.2) is 0 Å². The molecule has 0 aliphatic carbocycles. The summed E-state index contributed by atoms with van der Waals surface area (Å²) < 4.78 is 18.4. The number of halogens is 1. The minimum atomic E-state index is -0.245. The molecule has 1 N–H and O–H groups in total. The van der Waals surface area contributed by atoms with Gasteiger partial charge in [0.05, 0.1) is 18.8 Å². The average Bonchev–Trinajstić information content (AvgIpc) is 2.68. The van der Waals surface area contributed by atoms with E-state index in [0.29, 0.717) is 11.4 Å². The first-order chi connectivity index (χ1) is 13.0. The smallest absolute Gasteiger partial charge is 0.241 e. The first-order valence-electron chi connectivity index (χ1n) is 9.18. The summed E-state index contributed by atoms with van der Waals surface area (Å²) in [5, 5.41) is 2.99. The molecule has 1 saturated heterocycles. The molecule has 1 aliphatic rings. The Balaban J connectivity index is 1.58. The molecule has 2 aromatic rings. The van der Waals surface area contributed by atoms with E-state index in [9.17, 15) is 9.18 Å². The number of carbonyl (C=O) groups excluding carboxylic acids is 1. The zero-order valence-corrected chi connectivity index (χ0v) is 16.0. The van der Waals surface area contributed by atoms with Gasteiger partial charge in [0.1, 0.15) is 11.6 Å². The monoisotopic (exact) mass is 371 g/mol. The lowest BCUT2D eigenvalue weighted by molar-refractivity contribution is -0.120. The SMILES string of the molecule is COc1ccc(C)cc1NC(=O)[C@@H](C)N1CCN(c2ccc(F)cc2)CC1. The molecule has 0 unspecified atom stereocenters. The Morgan fingerprint density at radius 2 is 1.78 bits per heavy atom. The maximum absolute atomic E-state index is 13.1. The molecule has 2 aromatic carbocycles. The Morgan fingerprint density at radius 1 is 1.11 bits per heavy atom. The van der Waals surface area contributed by atoms with E-state index in [1.807, 2.05) is 32.0 Å². The second-order valence-electron chi connectivity index (χ2n) is 6.87. The predicted octanol–water partition coefficient (Wildman–Crippen LogP) is 3.29. The summed E-state index contributed by atoms with van der Waals surface area (Å²) in [5.41, 5.74) is 2.77. The minimum absolute atomic E-state index is 0.0471. The van der Waals surface area contributed by atoms with E-state index in [1.165, 1.54) is 12.1 Å². The molecule has 144 valence electrons. The summed E-state index contributed by atoms with van der Waals surface area (Å²) in [5.74, 6) is 0.380. The van der Waals surface area contributed by atoms with Crippen molar-refractivity contribution in [2.24, 2.45) is 0 Å².